The molecule has 0 aromatic rings. The molecule has 1 aliphatic heterocycles. The monoisotopic (exact) mass is 401 g/mol. The second kappa shape index (κ2) is 8.99. The Kier molecular flexibility index (Phi) is 7.54. The molecular weight excluding hydrogens is 383 g/mol. The lowest BCUT2D eigenvalue weighted by molar-refractivity contribution is -0.272. The van der Waals surface area contributed by atoms with E-state index in [4.69, 9.17) is 14.2 Å². The van der Waals surface area contributed by atoms with Crippen molar-refractivity contribution >= 4 is 23.8 Å². The zero-order valence-electron chi connectivity index (χ0n) is 14.4. The van der Waals surface area contributed by atoms with Gasteiger partial charge >= 0.3 is 30.0 Å². The first-order valence-corrected chi connectivity index (χ1v) is 7.52. The zero-order valence-corrected chi connectivity index (χ0v) is 14.4. The molecule has 1 amide bonds. The highest BCUT2D eigenvalue weighted by Gasteiger charge is 2.52. The van der Waals surface area contributed by atoms with Gasteiger partial charge in [-0.05, 0) is 0 Å². The van der Waals surface area contributed by atoms with E-state index < -0.39 is 67.2 Å². The number of aliphatic hydroxyl groups is 1. The van der Waals surface area contributed by atoms with Crippen LogP contribution in [0.15, 0.2) is 0 Å². The van der Waals surface area contributed by atoms with Gasteiger partial charge in [-0.15, -0.1) is 0 Å². The van der Waals surface area contributed by atoms with Gasteiger partial charge in [0.15, 0.2) is 18.5 Å². The Labute approximate surface area is 150 Å². The normalized spacial score (nSPS) is 28.0. The lowest BCUT2D eigenvalue weighted by Gasteiger charge is -2.43. The Morgan fingerprint density at radius 2 is 1.52 bits per heavy atom. The average molecular weight is 401 g/mol. The van der Waals surface area contributed by atoms with Crippen molar-refractivity contribution in [1.29, 1.82) is 0 Å². The molecule has 0 radical (unpaired) electrons. The zero-order chi connectivity index (χ0) is 20.9. The molecule has 2 N–H and O–H groups in total. The summed E-state index contributed by atoms with van der Waals surface area (Å²) in [6.45, 7) is 2.25. The lowest BCUT2D eigenvalue weighted by Crippen LogP contribution is -2.67. The van der Waals surface area contributed by atoms with Crippen molar-refractivity contribution in [2.75, 3.05) is 6.61 Å². The highest BCUT2D eigenvalue weighted by molar-refractivity contribution is 5.82. The van der Waals surface area contributed by atoms with Gasteiger partial charge < -0.3 is 29.4 Å². The summed E-state index contributed by atoms with van der Waals surface area (Å²) in [6.07, 6.45) is -12.2. The van der Waals surface area contributed by atoms with Crippen LogP contribution >= 0.6 is 0 Å². The molecule has 13 heteroatoms. The fraction of sp³-hybridized carbons (Fsp3) is 0.714. The van der Waals surface area contributed by atoms with Crippen LogP contribution in [-0.4, -0.2) is 72.3 Å². The summed E-state index contributed by atoms with van der Waals surface area (Å²) in [7, 11) is 0. The van der Waals surface area contributed by atoms with Crippen molar-refractivity contribution in [3.05, 3.63) is 0 Å². The van der Waals surface area contributed by atoms with Crippen molar-refractivity contribution in [2.45, 2.75) is 57.6 Å². The number of hydrogen-bond acceptors (Lipinski definition) is 9. The van der Waals surface area contributed by atoms with Crippen molar-refractivity contribution in [1.82, 2.24) is 5.32 Å². The molecule has 1 aliphatic rings. The van der Waals surface area contributed by atoms with Crippen LogP contribution in [0.2, 0.25) is 0 Å². The highest BCUT2D eigenvalue weighted by atomic mass is 19.4. The quantitative estimate of drug-likeness (QED) is 0.447. The number of esters is 3. The number of rotatable bonds is 5. The number of carbonyl (C=O) groups excluding carboxylic acids is 4. The first kappa shape index (κ1) is 22.6. The molecule has 1 rings (SSSR count). The molecule has 1 fully saturated rings. The van der Waals surface area contributed by atoms with E-state index in [1.807, 2.05) is 0 Å². The Morgan fingerprint density at radius 3 is 1.96 bits per heavy atom. The van der Waals surface area contributed by atoms with E-state index in [2.05, 4.69) is 4.74 Å². The molecule has 1 heterocycles. The molecule has 0 saturated carbocycles. The molecular formula is C14H18F3NO9. The van der Waals surface area contributed by atoms with Crippen LogP contribution < -0.4 is 5.32 Å². The predicted molar refractivity (Wildman–Crippen MR) is 76.6 cm³/mol. The van der Waals surface area contributed by atoms with Crippen LogP contribution in [0.5, 0.6) is 0 Å². The Morgan fingerprint density at radius 1 is 1.00 bits per heavy atom. The molecule has 1 saturated heterocycles. The number of halogens is 3. The SMILES string of the molecule is CC(=O)OC[C@@H]1O[C@H](O)[C@@H](OC(C)=O)[C@H](NC(=O)C(F)(F)F)[C@H]1OC(C)=O. The number of hydrogen-bond donors (Lipinski definition) is 2. The number of carbonyl (C=O) groups is 4. The van der Waals surface area contributed by atoms with Crippen molar-refractivity contribution in [3.8, 4) is 0 Å². The maximum atomic E-state index is 12.6. The third-order valence-electron chi connectivity index (χ3n) is 3.28. The van der Waals surface area contributed by atoms with E-state index >= 15 is 0 Å². The van der Waals surface area contributed by atoms with Crippen LogP contribution in [0.1, 0.15) is 20.8 Å². The maximum absolute atomic E-state index is 12.6. The van der Waals surface area contributed by atoms with E-state index in [0.29, 0.717) is 0 Å². The second-order valence-electron chi connectivity index (χ2n) is 5.51. The van der Waals surface area contributed by atoms with E-state index in [9.17, 15) is 37.5 Å². The Balaban J connectivity index is 3.23. The minimum Gasteiger partial charge on any atom is -0.463 e. The largest absolute Gasteiger partial charge is 0.471 e. The molecule has 5 atom stereocenters. The maximum Gasteiger partial charge on any atom is 0.471 e. The van der Waals surface area contributed by atoms with E-state index in [0.717, 1.165) is 20.8 Å². The summed E-state index contributed by atoms with van der Waals surface area (Å²) in [6, 6.07) is -1.84. The van der Waals surface area contributed by atoms with Crippen LogP contribution in [0, 0.1) is 0 Å². The van der Waals surface area contributed by atoms with Crippen LogP contribution in [-0.2, 0) is 38.1 Å². The third-order valence-corrected chi connectivity index (χ3v) is 3.28. The first-order chi connectivity index (χ1) is 12.3. The number of nitrogens with one attached hydrogen (secondary N) is 1. The smallest absolute Gasteiger partial charge is 0.463 e. The van der Waals surface area contributed by atoms with Gasteiger partial charge in [-0.1, -0.05) is 0 Å². The topological polar surface area (TPSA) is 137 Å². The summed E-state index contributed by atoms with van der Waals surface area (Å²) < 4.78 is 57.2. The van der Waals surface area contributed by atoms with Gasteiger partial charge in [0.1, 0.15) is 18.8 Å². The molecule has 0 aromatic carbocycles. The number of ether oxygens (including phenoxy) is 4. The van der Waals surface area contributed by atoms with Gasteiger partial charge in [-0.25, -0.2) is 0 Å². The number of aliphatic hydroxyl groups excluding tert-OH is 1. The molecule has 0 unspecified atom stereocenters. The summed E-state index contributed by atoms with van der Waals surface area (Å²) >= 11 is 0. The molecule has 154 valence electrons. The number of alkyl halides is 3. The van der Waals surface area contributed by atoms with Gasteiger partial charge in [-0.2, -0.15) is 13.2 Å². The molecule has 0 aromatic heterocycles. The molecule has 27 heavy (non-hydrogen) atoms. The van der Waals surface area contributed by atoms with Crippen LogP contribution in [0.4, 0.5) is 13.2 Å². The van der Waals surface area contributed by atoms with E-state index in [-0.39, 0.29) is 0 Å². The second-order valence-corrected chi connectivity index (χ2v) is 5.51. The number of amides is 1. The average Bonchev–Trinajstić information content (AvgIpc) is 2.49. The fourth-order valence-electron chi connectivity index (χ4n) is 2.32. The minimum atomic E-state index is -5.31. The summed E-state index contributed by atoms with van der Waals surface area (Å²) in [5, 5.41) is 11.5. The summed E-state index contributed by atoms with van der Waals surface area (Å²) in [5.74, 6) is -5.19. The van der Waals surface area contributed by atoms with Gasteiger partial charge in [0.25, 0.3) is 0 Å². The molecule has 0 spiro atoms. The fourth-order valence-corrected chi connectivity index (χ4v) is 2.32. The minimum absolute atomic E-state index is 0.616. The van der Waals surface area contributed by atoms with Crippen LogP contribution in [0.25, 0.3) is 0 Å². The van der Waals surface area contributed by atoms with E-state index in [1.54, 1.807) is 0 Å². The van der Waals surface area contributed by atoms with E-state index in [1.165, 1.54) is 5.32 Å². The van der Waals surface area contributed by atoms with Gasteiger partial charge in [0.05, 0.1) is 0 Å². The van der Waals surface area contributed by atoms with Gasteiger partial charge in [0, 0.05) is 20.8 Å². The predicted octanol–water partition coefficient (Wildman–Crippen LogP) is -0.823. The Bertz CT molecular complexity index is 595. The van der Waals surface area contributed by atoms with Crippen molar-refractivity contribution in [3.63, 3.8) is 0 Å². The standard InChI is InChI=1S/C14H18F3NO9/c1-5(19)24-4-8-10(25-6(2)20)9(18-13(23)14(15,16)17)11(12(22)27-8)26-7(3)21/h8-12,22H,4H2,1-3H3,(H,18,23)/t8-,9+,10-,11-,12-/m0/s1. The lowest BCUT2D eigenvalue weighted by atomic mass is 9.95. The highest BCUT2D eigenvalue weighted by Crippen LogP contribution is 2.27. The molecule has 10 nitrogen and oxygen atoms in total. The summed E-state index contributed by atoms with van der Waals surface area (Å²) in [5.41, 5.74) is 0. The van der Waals surface area contributed by atoms with Gasteiger partial charge in [-0.3, -0.25) is 19.2 Å². The molecule has 0 aliphatic carbocycles. The van der Waals surface area contributed by atoms with Crippen molar-refractivity contribution < 1.29 is 56.4 Å². The van der Waals surface area contributed by atoms with Crippen molar-refractivity contribution in [2.24, 2.45) is 0 Å². The Hall–Kier alpha value is -2.41. The molecule has 0 bridgehead atoms. The van der Waals surface area contributed by atoms with Crippen LogP contribution in [0.3, 0.4) is 0 Å². The summed E-state index contributed by atoms with van der Waals surface area (Å²) in [4.78, 5) is 44.9. The first-order valence-electron chi connectivity index (χ1n) is 7.52. The third kappa shape index (κ3) is 6.67. The van der Waals surface area contributed by atoms with Gasteiger partial charge in [0.2, 0.25) is 0 Å².